The molecule has 4 fully saturated rings. The highest BCUT2D eigenvalue weighted by molar-refractivity contribution is 5.61. The Hall–Kier alpha value is -0.790. The number of allylic oxidation sites excluding steroid dienone is 2. The van der Waals surface area contributed by atoms with Gasteiger partial charge in [0.15, 0.2) is 0 Å². The van der Waals surface area contributed by atoms with E-state index < -0.39 is 40.7 Å². The molecule has 0 bridgehead atoms. The predicted octanol–water partition coefficient (Wildman–Crippen LogP) is 3.23. The van der Waals surface area contributed by atoms with Crippen LogP contribution >= 0.6 is 0 Å². The van der Waals surface area contributed by atoms with Gasteiger partial charge in [0, 0.05) is 0 Å². The van der Waals surface area contributed by atoms with Crippen LogP contribution in [0.5, 0.6) is 0 Å². The Balaban J connectivity index is 1.63. The van der Waals surface area contributed by atoms with Gasteiger partial charge in [0.05, 0.1) is 41.9 Å². The zero-order valence-corrected chi connectivity index (χ0v) is 23.0. The number of fused-ring (bicyclic) bond motifs is 7. The molecule has 0 saturated heterocycles. The van der Waals surface area contributed by atoms with Crippen molar-refractivity contribution >= 4 is 6.29 Å². The van der Waals surface area contributed by atoms with E-state index in [0.717, 1.165) is 32.0 Å². The third-order valence-corrected chi connectivity index (χ3v) is 13.4. The van der Waals surface area contributed by atoms with Crippen molar-refractivity contribution in [2.45, 2.75) is 111 Å². The molecule has 6 unspecified atom stereocenters. The van der Waals surface area contributed by atoms with E-state index >= 15 is 0 Å². The first-order valence-corrected chi connectivity index (χ1v) is 14.1. The van der Waals surface area contributed by atoms with Crippen LogP contribution in [-0.4, -0.2) is 62.8 Å². The maximum atomic E-state index is 12.3. The van der Waals surface area contributed by atoms with Gasteiger partial charge in [0.2, 0.25) is 0 Å². The molecular weight excluding hydrogens is 456 g/mol. The zero-order chi connectivity index (χ0) is 26.7. The molecule has 4 saturated carbocycles. The first-order valence-electron chi connectivity index (χ1n) is 14.1. The molecule has 0 aromatic carbocycles. The largest absolute Gasteiger partial charge is 0.396 e. The second-order valence-corrected chi connectivity index (χ2v) is 15.0. The summed E-state index contributed by atoms with van der Waals surface area (Å²) >= 11 is 0. The van der Waals surface area contributed by atoms with Crippen molar-refractivity contribution in [2.24, 2.45) is 50.2 Å². The SMILES string of the molecule is CC1(C)CC2C3=CCC4[C@@]5(C)CC[C@H](O)[C@@](C)(C=O)C5CC[C@@]4(C)C3(C)CC(O)[C@@]2(CO)C(O)[C@@H]1O. The first kappa shape index (κ1) is 26.8. The number of aldehydes is 1. The van der Waals surface area contributed by atoms with Crippen LogP contribution < -0.4 is 0 Å². The minimum atomic E-state index is -1.20. The fraction of sp³-hybridized carbons (Fsp3) is 0.900. The number of aliphatic hydroxyl groups is 5. The van der Waals surface area contributed by atoms with Crippen molar-refractivity contribution in [3.63, 3.8) is 0 Å². The molecule has 0 aromatic heterocycles. The van der Waals surface area contributed by atoms with E-state index in [1.54, 1.807) is 0 Å². The van der Waals surface area contributed by atoms with E-state index in [1.165, 1.54) is 5.57 Å². The summed E-state index contributed by atoms with van der Waals surface area (Å²) in [6.45, 7) is 12.5. The van der Waals surface area contributed by atoms with Crippen molar-refractivity contribution < 1.29 is 30.3 Å². The van der Waals surface area contributed by atoms with Gasteiger partial charge in [-0.25, -0.2) is 0 Å². The summed E-state index contributed by atoms with van der Waals surface area (Å²) in [6, 6.07) is 0. The lowest BCUT2D eigenvalue weighted by atomic mass is 9.33. The van der Waals surface area contributed by atoms with Crippen LogP contribution in [0.2, 0.25) is 0 Å². The number of hydrogen-bond acceptors (Lipinski definition) is 6. The Bertz CT molecular complexity index is 961. The molecule has 204 valence electrons. The molecule has 5 N–H and O–H groups in total. The number of carbonyl (C=O) groups excluding carboxylic acids is 1. The minimum Gasteiger partial charge on any atom is -0.396 e. The van der Waals surface area contributed by atoms with E-state index in [4.69, 9.17) is 0 Å². The number of aliphatic hydroxyl groups excluding tert-OH is 5. The third kappa shape index (κ3) is 2.89. The average molecular weight is 505 g/mol. The lowest BCUT2D eigenvalue weighted by molar-refractivity contribution is -0.256. The highest BCUT2D eigenvalue weighted by Gasteiger charge is 2.72. The molecule has 0 spiro atoms. The molecule has 36 heavy (non-hydrogen) atoms. The summed E-state index contributed by atoms with van der Waals surface area (Å²) in [5, 5.41) is 55.6. The monoisotopic (exact) mass is 504 g/mol. The molecule has 0 aromatic rings. The Morgan fingerprint density at radius 1 is 0.889 bits per heavy atom. The number of hydrogen-bond donors (Lipinski definition) is 5. The van der Waals surface area contributed by atoms with E-state index in [-0.39, 0.29) is 34.7 Å². The van der Waals surface area contributed by atoms with Crippen LogP contribution in [0.25, 0.3) is 0 Å². The molecule has 0 aliphatic heterocycles. The van der Waals surface area contributed by atoms with Gasteiger partial charge in [0.1, 0.15) is 6.29 Å². The molecule has 12 atom stereocenters. The van der Waals surface area contributed by atoms with Gasteiger partial charge >= 0.3 is 0 Å². The first-order chi connectivity index (χ1) is 16.6. The number of carbonyl (C=O) groups is 1. The molecule has 5 aliphatic rings. The smallest absolute Gasteiger partial charge is 0.128 e. The predicted molar refractivity (Wildman–Crippen MR) is 137 cm³/mol. The van der Waals surface area contributed by atoms with Gasteiger partial charge < -0.3 is 30.3 Å². The fourth-order valence-corrected chi connectivity index (χ4v) is 10.8. The highest BCUT2D eigenvalue weighted by Crippen LogP contribution is 2.75. The van der Waals surface area contributed by atoms with Crippen LogP contribution in [0.4, 0.5) is 0 Å². The van der Waals surface area contributed by atoms with E-state index in [9.17, 15) is 30.3 Å². The van der Waals surface area contributed by atoms with Crippen molar-refractivity contribution in [2.75, 3.05) is 6.61 Å². The minimum absolute atomic E-state index is 0.106. The lowest BCUT2D eigenvalue weighted by Gasteiger charge is -2.72. The second kappa shape index (κ2) is 7.88. The topological polar surface area (TPSA) is 118 Å². The quantitative estimate of drug-likeness (QED) is 0.291. The number of rotatable bonds is 2. The Morgan fingerprint density at radius 3 is 2.17 bits per heavy atom. The van der Waals surface area contributed by atoms with Gasteiger partial charge in [-0.1, -0.05) is 53.2 Å². The van der Waals surface area contributed by atoms with Crippen LogP contribution in [0, 0.1) is 50.2 Å². The van der Waals surface area contributed by atoms with Crippen LogP contribution in [0.1, 0.15) is 86.5 Å². The average Bonchev–Trinajstić information content (AvgIpc) is 2.81. The summed E-state index contributed by atoms with van der Waals surface area (Å²) in [5.74, 6) is 0.185. The van der Waals surface area contributed by atoms with Crippen molar-refractivity contribution in [1.82, 2.24) is 0 Å². The molecule has 0 heterocycles. The standard InChI is InChI=1S/C30H48O6/c1-25(2)13-18-17-7-8-20-26(3)11-10-21(33)27(4,15-31)19(26)9-12-28(20,5)29(17,6)14-22(34)30(18,16-32)24(36)23(25)35/h7,15,18-24,32-36H,8-14,16H2,1-6H3/t18?,19?,20?,21-,22?,23-,24?,26-,27-,28+,29?,30-/m0/s1. The summed E-state index contributed by atoms with van der Waals surface area (Å²) in [4.78, 5) is 12.3. The second-order valence-electron chi connectivity index (χ2n) is 15.0. The van der Waals surface area contributed by atoms with Crippen LogP contribution in [0.15, 0.2) is 11.6 Å². The highest BCUT2D eigenvalue weighted by atomic mass is 16.3. The van der Waals surface area contributed by atoms with Gasteiger partial charge in [-0.15, -0.1) is 0 Å². The van der Waals surface area contributed by atoms with Crippen molar-refractivity contribution in [3.8, 4) is 0 Å². The van der Waals surface area contributed by atoms with Gasteiger partial charge in [0.25, 0.3) is 0 Å². The fourth-order valence-electron chi connectivity index (χ4n) is 10.8. The molecule has 0 radical (unpaired) electrons. The van der Waals surface area contributed by atoms with E-state index in [1.807, 2.05) is 20.8 Å². The Kier molecular flexibility index (Phi) is 5.86. The van der Waals surface area contributed by atoms with Crippen molar-refractivity contribution in [1.29, 1.82) is 0 Å². The molecule has 0 amide bonds. The van der Waals surface area contributed by atoms with Crippen molar-refractivity contribution in [3.05, 3.63) is 11.6 Å². The van der Waals surface area contributed by atoms with Gasteiger partial charge in [-0.2, -0.15) is 0 Å². The maximum Gasteiger partial charge on any atom is 0.128 e. The van der Waals surface area contributed by atoms with E-state index in [0.29, 0.717) is 25.2 Å². The van der Waals surface area contributed by atoms with Crippen LogP contribution in [-0.2, 0) is 4.79 Å². The molecule has 6 heteroatoms. The summed E-state index contributed by atoms with van der Waals surface area (Å²) in [7, 11) is 0. The summed E-state index contributed by atoms with van der Waals surface area (Å²) < 4.78 is 0. The van der Waals surface area contributed by atoms with E-state index in [2.05, 4.69) is 26.8 Å². The molecular formula is C30H48O6. The Morgan fingerprint density at radius 2 is 1.56 bits per heavy atom. The Labute approximate surface area is 216 Å². The van der Waals surface area contributed by atoms with Crippen LogP contribution in [0.3, 0.4) is 0 Å². The van der Waals surface area contributed by atoms with Gasteiger partial charge in [-0.3, -0.25) is 0 Å². The molecule has 5 rings (SSSR count). The van der Waals surface area contributed by atoms with Gasteiger partial charge in [-0.05, 0) is 84.4 Å². The normalized spacial score (nSPS) is 58.0. The maximum absolute atomic E-state index is 12.3. The zero-order valence-electron chi connectivity index (χ0n) is 23.0. The molecule has 6 nitrogen and oxygen atoms in total. The third-order valence-electron chi connectivity index (χ3n) is 13.4. The summed E-state index contributed by atoms with van der Waals surface area (Å²) in [5.41, 5.74) is -1.81. The lowest BCUT2D eigenvalue weighted by Crippen LogP contribution is -2.71. The summed E-state index contributed by atoms with van der Waals surface area (Å²) in [6.07, 6.45) is 4.72. The molecule has 5 aliphatic carbocycles.